The van der Waals surface area contributed by atoms with Crippen LogP contribution in [0, 0.1) is 11.7 Å². The predicted molar refractivity (Wildman–Crippen MR) is 92.5 cm³/mol. The van der Waals surface area contributed by atoms with Gasteiger partial charge < -0.3 is 5.32 Å². The largest absolute Gasteiger partial charge is 0.337 e. The Morgan fingerprint density at radius 2 is 2.14 bits per heavy atom. The van der Waals surface area contributed by atoms with E-state index in [-0.39, 0.29) is 5.82 Å². The second-order valence-electron chi connectivity index (χ2n) is 6.80. The van der Waals surface area contributed by atoms with Gasteiger partial charge in [-0.05, 0) is 18.1 Å². The van der Waals surface area contributed by atoms with E-state index in [9.17, 15) is 4.39 Å². The fourth-order valence-corrected chi connectivity index (χ4v) is 5.33. The lowest BCUT2D eigenvalue weighted by Gasteiger charge is -2.19. The zero-order valence-electron chi connectivity index (χ0n) is 13.2. The average molecular weight is 320 g/mol. The maximum Gasteiger partial charge on any atom is 0.123 e. The molecule has 120 valence electrons. The van der Waals surface area contributed by atoms with Gasteiger partial charge in [0.1, 0.15) is 11.9 Å². The van der Waals surface area contributed by atoms with Gasteiger partial charge in [0.25, 0.3) is 0 Å². The van der Waals surface area contributed by atoms with E-state index in [0.29, 0.717) is 17.3 Å². The molecule has 1 aliphatic heterocycles. The number of quaternary nitrogens is 1. The van der Waals surface area contributed by atoms with Crippen LogP contribution in [0.15, 0.2) is 36.9 Å². The van der Waals surface area contributed by atoms with Crippen LogP contribution in [0.4, 0.5) is 4.39 Å². The molecule has 1 aromatic rings. The third-order valence-electron chi connectivity index (χ3n) is 5.23. The van der Waals surface area contributed by atoms with Crippen molar-refractivity contribution in [3.05, 3.63) is 48.3 Å². The number of benzene rings is 1. The van der Waals surface area contributed by atoms with E-state index in [1.165, 1.54) is 32.1 Å². The third-order valence-corrected chi connectivity index (χ3v) is 6.63. The number of hydrogen-bond donors (Lipinski definition) is 1. The van der Waals surface area contributed by atoms with Gasteiger partial charge in [-0.1, -0.05) is 43.9 Å². The third kappa shape index (κ3) is 3.94. The summed E-state index contributed by atoms with van der Waals surface area (Å²) < 4.78 is 13.5. The smallest absolute Gasteiger partial charge is 0.123 e. The number of halogens is 1. The molecule has 3 rings (SSSR count). The van der Waals surface area contributed by atoms with Gasteiger partial charge in [0, 0.05) is 24.2 Å². The Balaban J connectivity index is 1.68. The van der Waals surface area contributed by atoms with Crippen molar-refractivity contribution in [1.29, 1.82) is 0 Å². The van der Waals surface area contributed by atoms with Crippen LogP contribution in [-0.4, -0.2) is 17.0 Å². The van der Waals surface area contributed by atoms with Crippen molar-refractivity contribution in [2.75, 3.05) is 5.75 Å². The molecule has 1 nitrogen and oxygen atoms in total. The molecule has 3 atom stereocenters. The van der Waals surface area contributed by atoms with Crippen LogP contribution < -0.4 is 5.32 Å². The molecule has 0 aromatic heterocycles. The molecule has 1 heterocycles. The van der Waals surface area contributed by atoms with Crippen LogP contribution in [0.25, 0.3) is 0 Å². The molecule has 2 N–H and O–H groups in total. The first-order valence-electron chi connectivity index (χ1n) is 8.59. The van der Waals surface area contributed by atoms with Crippen molar-refractivity contribution in [3.63, 3.8) is 0 Å². The maximum atomic E-state index is 13.5. The fraction of sp³-hybridized carbons (Fsp3) is 0.579. The molecule has 1 aromatic carbocycles. The normalized spacial score (nSPS) is 29.0. The minimum Gasteiger partial charge on any atom is -0.337 e. The molecular formula is C19H27FNS+. The number of hydrogen-bond acceptors (Lipinski definition) is 1. The summed E-state index contributed by atoms with van der Waals surface area (Å²) in [6.07, 6.45) is 10.1. The maximum absolute atomic E-state index is 13.5. The van der Waals surface area contributed by atoms with E-state index >= 15 is 0 Å². The lowest BCUT2D eigenvalue weighted by atomic mass is 9.97. The molecular weight excluding hydrogens is 293 g/mol. The summed E-state index contributed by atoms with van der Waals surface area (Å²) in [7, 11) is 0. The first-order valence-corrected chi connectivity index (χ1v) is 9.64. The molecule has 0 spiro atoms. The van der Waals surface area contributed by atoms with Crippen molar-refractivity contribution < 1.29 is 9.71 Å². The van der Waals surface area contributed by atoms with Gasteiger partial charge in [0.15, 0.2) is 0 Å². The van der Waals surface area contributed by atoms with Gasteiger partial charge in [0.2, 0.25) is 0 Å². The van der Waals surface area contributed by atoms with Gasteiger partial charge in [-0.3, -0.25) is 0 Å². The molecule has 0 bridgehead atoms. The van der Waals surface area contributed by atoms with E-state index in [1.807, 2.05) is 23.9 Å². The van der Waals surface area contributed by atoms with Crippen molar-refractivity contribution in [3.8, 4) is 0 Å². The van der Waals surface area contributed by atoms with E-state index in [1.54, 1.807) is 12.1 Å². The first kappa shape index (κ1) is 16.1. The summed E-state index contributed by atoms with van der Waals surface area (Å²) in [5, 5.41) is 3.19. The van der Waals surface area contributed by atoms with E-state index in [4.69, 9.17) is 0 Å². The van der Waals surface area contributed by atoms with Crippen LogP contribution in [0.1, 0.15) is 50.1 Å². The highest BCUT2D eigenvalue weighted by Crippen LogP contribution is 2.35. The van der Waals surface area contributed by atoms with Crippen molar-refractivity contribution in [2.24, 2.45) is 5.92 Å². The standard InChI is InChI=1S/C19H26FNS/c1-2-10-22-19-13-17(15-8-5-9-16(20)12-15)21-18(19)11-14-6-3-4-7-14/h2,5,8-9,12,14,17-19,21H,1,3-4,6-7,10-11,13H2/p+1. The summed E-state index contributed by atoms with van der Waals surface area (Å²) in [5.74, 6) is 1.83. The Kier molecular flexibility index (Phi) is 5.59. The van der Waals surface area contributed by atoms with Gasteiger partial charge in [-0.25, -0.2) is 4.39 Å². The molecule has 1 saturated heterocycles. The SMILES string of the molecule is C=CCSC1CC(c2cccc(F)c2)[NH2+]C1CC1CCCC1. The Labute approximate surface area is 137 Å². The molecule has 2 fully saturated rings. The highest BCUT2D eigenvalue weighted by molar-refractivity contribution is 8.00. The van der Waals surface area contributed by atoms with Gasteiger partial charge in [-0.2, -0.15) is 0 Å². The minimum absolute atomic E-state index is 0.111. The average Bonchev–Trinajstić information content (AvgIpc) is 3.16. The van der Waals surface area contributed by atoms with Crippen LogP contribution in [0.2, 0.25) is 0 Å². The summed E-state index contributed by atoms with van der Waals surface area (Å²) in [6.45, 7) is 3.86. The quantitative estimate of drug-likeness (QED) is 0.782. The molecule has 3 heteroatoms. The lowest BCUT2D eigenvalue weighted by molar-refractivity contribution is -0.708. The highest BCUT2D eigenvalue weighted by Gasteiger charge is 2.40. The second-order valence-corrected chi connectivity index (χ2v) is 8.07. The van der Waals surface area contributed by atoms with Crippen LogP contribution >= 0.6 is 11.8 Å². The second kappa shape index (κ2) is 7.65. The predicted octanol–water partition coefficient (Wildman–Crippen LogP) is 4.07. The fourth-order valence-electron chi connectivity index (χ4n) is 4.15. The Hall–Kier alpha value is -0.800. The zero-order chi connectivity index (χ0) is 15.4. The van der Waals surface area contributed by atoms with Crippen molar-refractivity contribution in [1.82, 2.24) is 0 Å². The number of thioether (sulfide) groups is 1. The van der Waals surface area contributed by atoms with Gasteiger partial charge in [-0.15, -0.1) is 18.3 Å². The molecule has 3 unspecified atom stereocenters. The molecule has 22 heavy (non-hydrogen) atoms. The van der Waals surface area contributed by atoms with E-state index in [2.05, 4.69) is 18.0 Å². The van der Waals surface area contributed by atoms with Crippen LogP contribution in [0.5, 0.6) is 0 Å². The van der Waals surface area contributed by atoms with Crippen LogP contribution in [-0.2, 0) is 0 Å². The number of rotatable bonds is 6. The van der Waals surface area contributed by atoms with E-state index in [0.717, 1.165) is 23.7 Å². The molecule has 1 aliphatic carbocycles. The summed E-state index contributed by atoms with van der Waals surface area (Å²) in [4.78, 5) is 0. The molecule has 0 amide bonds. The lowest BCUT2D eigenvalue weighted by Crippen LogP contribution is -2.88. The van der Waals surface area contributed by atoms with E-state index < -0.39 is 0 Å². The van der Waals surface area contributed by atoms with Crippen molar-refractivity contribution >= 4 is 11.8 Å². The topological polar surface area (TPSA) is 16.6 Å². The first-order chi connectivity index (χ1) is 10.8. The summed E-state index contributed by atoms with van der Waals surface area (Å²) in [5.41, 5.74) is 1.15. The summed E-state index contributed by atoms with van der Waals surface area (Å²) >= 11 is 2.04. The molecule has 2 aliphatic rings. The zero-order valence-corrected chi connectivity index (χ0v) is 14.0. The molecule has 0 radical (unpaired) electrons. The molecule has 1 saturated carbocycles. The van der Waals surface area contributed by atoms with Gasteiger partial charge >= 0.3 is 0 Å². The van der Waals surface area contributed by atoms with Crippen molar-refractivity contribution in [2.45, 2.75) is 55.9 Å². The monoisotopic (exact) mass is 320 g/mol. The Bertz CT molecular complexity index is 498. The summed E-state index contributed by atoms with van der Waals surface area (Å²) in [6, 6.07) is 8.28. The van der Waals surface area contributed by atoms with Crippen LogP contribution in [0.3, 0.4) is 0 Å². The Morgan fingerprint density at radius 1 is 1.32 bits per heavy atom. The minimum atomic E-state index is -0.111. The Morgan fingerprint density at radius 3 is 2.86 bits per heavy atom. The highest BCUT2D eigenvalue weighted by atomic mass is 32.2. The van der Waals surface area contributed by atoms with Gasteiger partial charge in [0.05, 0.1) is 11.3 Å². The number of nitrogens with two attached hydrogens (primary N) is 1.